The monoisotopic (exact) mass is 451 g/mol. The highest BCUT2D eigenvalue weighted by molar-refractivity contribution is 7.92. The molecule has 0 fully saturated rings. The van der Waals surface area contributed by atoms with Crippen molar-refractivity contribution in [2.24, 2.45) is 0 Å². The van der Waals surface area contributed by atoms with E-state index in [1.54, 1.807) is 48.5 Å². The molecule has 0 aliphatic rings. The lowest BCUT2D eigenvalue weighted by molar-refractivity contribution is 0.101. The van der Waals surface area contributed by atoms with E-state index < -0.39 is 21.7 Å². The van der Waals surface area contributed by atoms with Crippen LogP contribution < -0.4 is 9.62 Å². The van der Waals surface area contributed by atoms with E-state index in [-0.39, 0.29) is 27.6 Å². The Labute approximate surface area is 184 Å². The number of amides is 1. The number of carbonyl (C=O) groups is 1. The highest BCUT2D eigenvalue weighted by Crippen LogP contribution is 2.25. The fraction of sp³-hybridized carbons (Fsp3) is 0.0435. The standard InChI is InChI=1S/C23H18FN3O4S/c1-27(17-9-3-2-4-10-17)32(29,30)18-11-7-8-16(14-18)25-23(28)21-15-22(31-26-21)19-12-5-6-13-20(19)24/h2-15H,1H3,(H,25,28). The summed E-state index contributed by atoms with van der Waals surface area (Å²) in [7, 11) is -2.39. The van der Waals surface area contributed by atoms with Crippen molar-refractivity contribution in [1.82, 2.24) is 5.16 Å². The molecule has 1 aromatic heterocycles. The smallest absolute Gasteiger partial charge is 0.277 e. The number of aromatic nitrogens is 1. The summed E-state index contributed by atoms with van der Waals surface area (Å²) in [5.74, 6) is -1.02. The molecule has 1 amide bonds. The number of hydrogen-bond acceptors (Lipinski definition) is 5. The van der Waals surface area contributed by atoms with Crippen LogP contribution in [0.3, 0.4) is 0 Å². The largest absolute Gasteiger partial charge is 0.355 e. The summed E-state index contributed by atoms with van der Waals surface area (Å²) in [5.41, 5.74) is 0.868. The van der Waals surface area contributed by atoms with Crippen molar-refractivity contribution in [1.29, 1.82) is 0 Å². The van der Waals surface area contributed by atoms with Gasteiger partial charge in [0.25, 0.3) is 15.9 Å². The maximum atomic E-state index is 13.9. The second-order valence-corrected chi connectivity index (χ2v) is 8.82. The first kappa shape index (κ1) is 21.3. The molecule has 0 aliphatic heterocycles. The van der Waals surface area contributed by atoms with Gasteiger partial charge in [-0.25, -0.2) is 12.8 Å². The average Bonchev–Trinajstić information content (AvgIpc) is 3.30. The molecule has 32 heavy (non-hydrogen) atoms. The molecule has 0 saturated heterocycles. The van der Waals surface area contributed by atoms with Crippen molar-refractivity contribution in [2.45, 2.75) is 4.90 Å². The molecule has 3 aromatic carbocycles. The Bertz CT molecular complexity index is 1370. The van der Waals surface area contributed by atoms with Gasteiger partial charge in [-0.3, -0.25) is 9.10 Å². The second kappa shape index (κ2) is 8.64. The van der Waals surface area contributed by atoms with Crippen LogP contribution in [0.15, 0.2) is 94.3 Å². The fourth-order valence-electron chi connectivity index (χ4n) is 3.03. The summed E-state index contributed by atoms with van der Waals surface area (Å²) in [5, 5.41) is 6.28. The SMILES string of the molecule is CN(c1ccccc1)S(=O)(=O)c1cccc(NC(=O)c2cc(-c3ccccc3F)on2)c1. The summed E-state index contributed by atoms with van der Waals surface area (Å²) < 4.78 is 46.1. The van der Waals surface area contributed by atoms with E-state index in [1.165, 1.54) is 43.4 Å². The lowest BCUT2D eigenvalue weighted by Crippen LogP contribution is -2.26. The molecule has 0 radical (unpaired) electrons. The van der Waals surface area contributed by atoms with Crippen LogP contribution in [0, 0.1) is 5.82 Å². The number of halogens is 1. The Morgan fingerprint density at radius 3 is 2.44 bits per heavy atom. The quantitative estimate of drug-likeness (QED) is 0.464. The van der Waals surface area contributed by atoms with Crippen molar-refractivity contribution in [3.8, 4) is 11.3 Å². The van der Waals surface area contributed by atoms with Gasteiger partial charge in [-0.15, -0.1) is 0 Å². The second-order valence-electron chi connectivity index (χ2n) is 6.85. The number of rotatable bonds is 6. The number of carbonyl (C=O) groups excluding carboxylic acids is 1. The highest BCUT2D eigenvalue weighted by atomic mass is 32.2. The average molecular weight is 451 g/mol. The number of sulfonamides is 1. The van der Waals surface area contributed by atoms with Crippen molar-refractivity contribution >= 4 is 27.3 Å². The molecule has 7 nitrogen and oxygen atoms in total. The molecular formula is C23H18FN3O4S. The Kier molecular flexibility index (Phi) is 5.74. The molecule has 162 valence electrons. The molecule has 0 atom stereocenters. The zero-order chi connectivity index (χ0) is 22.7. The summed E-state index contributed by atoms with van der Waals surface area (Å²) >= 11 is 0. The van der Waals surface area contributed by atoms with Gasteiger partial charge in [0, 0.05) is 18.8 Å². The van der Waals surface area contributed by atoms with Crippen molar-refractivity contribution in [3.05, 3.63) is 96.4 Å². The Morgan fingerprint density at radius 2 is 1.69 bits per heavy atom. The number of anilines is 2. The topological polar surface area (TPSA) is 92.5 Å². The number of benzene rings is 3. The third kappa shape index (κ3) is 4.23. The van der Waals surface area contributed by atoms with Crippen LogP contribution in [0.4, 0.5) is 15.8 Å². The third-order valence-electron chi connectivity index (χ3n) is 4.75. The van der Waals surface area contributed by atoms with E-state index in [1.807, 2.05) is 0 Å². The maximum absolute atomic E-state index is 13.9. The Hall–Kier alpha value is -3.98. The molecule has 4 aromatic rings. The van der Waals surface area contributed by atoms with Gasteiger partial charge in [0.15, 0.2) is 11.5 Å². The summed E-state index contributed by atoms with van der Waals surface area (Å²) in [6.07, 6.45) is 0. The minimum atomic E-state index is -3.85. The molecule has 9 heteroatoms. The first-order valence-electron chi connectivity index (χ1n) is 9.53. The fourth-order valence-corrected chi connectivity index (χ4v) is 4.28. The van der Waals surface area contributed by atoms with E-state index in [0.717, 1.165) is 4.31 Å². The predicted octanol–water partition coefficient (Wildman–Crippen LogP) is 4.56. The first-order chi connectivity index (χ1) is 15.4. The van der Waals surface area contributed by atoms with Gasteiger partial charge >= 0.3 is 0 Å². The maximum Gasteiger partial charge on any atom is 0.277 e. The molecule has 0 aliphatic carbocycles. The van der Waals surface area contributed by atoms with E-state index in [9.17, 15) is 17.6 Å². The van der Waals surface area contributed by atoms with Gasteiger partial charge < -0.3 is 9.84 Å². The normalized spacial score (nSPS) is 11.2. The zero-order valence-corrected chi connectivity index (χ0v) is 17.7. The van der Waals surface area contributed by atoms with Gasteiger partial charge in [0.2, 0.25) is 0 Å². The van der Waals surface area contributed by atoms with Crippen LogP contribution in [0.2, 0.25) is 0 Å². The molecule has 4 rings (SSSR count). The van der Waals surface area contributed by atoms with Gasteiger partial charge in [-0.05, 0) is 42.5 Å². The molecule has 1 N–H and O–H groups in total. The van der Waals surface area contributed by atoms with Crippen molar-refractivity contribution in [2.75, 3.05) is 16.7 Å². The molecule has 0 spiro atoms. The van der Waals surface area contributed by atoms with E-state index in [2.05, 4.69) is 10.5 Å². The van der Waals surface area contributed by atoms with Gasteiger partial charge in [0.1, 0.15) is 5.82 Å². The molecule has 0 unspecified atom stereocenters. The van der Waals surface area contributed by atoms with Crippen LogP contribution in [0.25, 0.3) is 11.3 Å². The zero-order valence-electron chi connectivity index (χ0n) is 16.9. The highest BCUT2D eigenvalue weighted by Gasteiger charge is 2.22. The number of hydrogen-bond donors (Lipinski definition) is 1. The van der Waals surface area contributed by atoms with E-state index in [4.69, 9.17) is 4.52 Å². The third-order valence-corrected chi connectivity index (χ3v) is 6.53. The van der Waals surface area contributed by atoms with Crippen molar-refractivity contribution in [3.63, 3.8) is 0 Å². The van der Waals surface area contributed by atoms with Crippen LogP contribution >= 0.6 is 0 Å². The van der Waals surface area contributed by atoms with Gasteiger partial charge in [-0.1, -0.05) is 41.6 Å². The molecule has 1 heterocycles. The molecule has 0 bridgehead atoms. The van der Waals surface area contributed by atoms with Crippen LogP contribution in [0.1, 0.15) is 10.5 Å². The van der Waals surface area contributed by atoms with Gasteiger partial charge in [-0.2, -0.15) is 0 Å². The summed E-state index contributed by atoms with van der Waals surface area (Å²) in [6.45, 7) is 0. The number of para-hydroxylation sites is 1. The predicted molar refractivity (Wildman–Crippen MR) is 118 cm³/mol. The summed E-state index contributed by atoms with van der Waals surface area (Å²) in [4.78, 5) is 12.6. The summed E-state index contributed by atoms with van der Waals surface area (Å²) in [6, 6.07) is 21.8. The van der Waals surface area contributed by atoms with Crippen LogP contribution in [0.5, 0.6) is 0 Å². The Balaban J connectivity index is 1.55. The van der Waals surface area contributed by atoms with Crippen LogP contribution in [-0.2, 0) is 10.0 Å². The van der Waals surface area contributed by atoms with E-state index in [0.29, 0.717) is 5.69 Å². The minimum Gasteiger partial charge on any atom is -0.355 e. The first-order valence-corrected chi connectivity index (χ1v) is 11.0. The number of nitrogens with one attached hydrogen (secondary N) is 1. The minimum absolute atomic E-state index is 0.00820. The Morgan fingerprint density at radius 1 is 0.969 bits per heavy atom. The molecule has 0 saturated carbocycles. The van der Waals surface area contributed by atoms with Crippen LogP contribution in [-0.4, -0.2) is 26.5 Å². The lowest BCUT2D eigenvalue weighted by Gasteiger charge is -2.19. The van der Waals surface area contributed by atoms with Crippen molar-refractivity contribution < 1.29 is 22.1 Å². The van der Waals surface area contributed by atoms with Gasteiger partial charge in [0.05, 0.1) is 16.1 Å². The number of nitrogens with zero attached hydrogens (tertiary/aromatic N) is 2. The van der Waals surface area contributed by atoms with E-state index >= 15 is 0 Å². The lowest BCUT2D eigenvalue weighted by atomic mass is 10.1. The molecular weight excluding hydrogens is 433 g/mol.